The molecule has 2 saturated heterocycles. The van der Waals surface area contributed by atoms with Crippen molar-refractivity contribution in [3.8, 4) is 0 Å². The van der Waals surface area contributed by atoms with Crippen LogP contribution in [0.4, 0.5) is 4.39 Å². The van der Waals surface area contributed by atoms with Crippen molar-refractivity contribution in [1.29, 1.82) is 0 Å². The fourth-order valence-corrected chi connectivity index (χ4v) is 3.43. The molecule has 19 heavy (non-hydrogen) atoms. The lowest BCUT2D eigenvalue weighted by Crippen LogP contribution is -2.52. The Labute approximate surface area is 112 Å². The van der Waals surface area contributed by atoms with E-state index in [-0.39, 0.29) is 17.3 Å². The number of carbonyl (C=O) groups excluding carboxylic acids is 1. The second-order valence-corrected chi connectivity index (χ2v) is 5.44. The minimum atomic E-state index is -0.305. The number of hydrogen-bond donors (Lipinski definition) is 1. The van der Waals surface area contributed by atoms with Crippen molar-refractivity contribution in [2.75, 3.05) is 19.6 Å². The van der Waals surface area contributed by atoms with Gasteiger partial charge in [0.2, 0.25) is 5.91 Å². The van der Waals surface area contributed by atoms with E-state index < -0.39 is 0 Å². The van der Waals surface area contributed by atoms with Crippen molar-refractivity contribution in [1.82, 2.24) is 10.2 Å². The molecule has 0 saturated carbocycles. The number of halogens is 1. The van der Waals surface area contributed by atoms with E-state index in [1.165, 1.54) is 6.07 Å². The predicted octanol–water partition coefficient (Wildman–Crippen LogP) is 2.03. The zero-order chi connectivity index (χ0) is 13.3. The first-order valence-corrected chi connectivity index (χ1v) is 7.00. The van der Waals surface area contributed by atoms with Crippen molar-refractivity contribution in [2.24, 2.45) is 0 Å². The van der Waals surface area contributed by atoms with Crippen LogP contribution in [0.3, 0.4) is 0 Å². The van der Waals surface area contributed by atoms with E-state index in [9.17, 15) is 9.18 Å². The first-order valence-electron chi connectivity index (χ1n) is 7.00. The number of likely N-dealkylation sites (tertiary alicyclic amines) is 1. The van der Waals surface area contributed by atoms with Crippen LogP contribution in [0.15, 0.2) is 24.3 Å². The zero-order valence-electron chi connectivity index (χ0n) is 11.0. The number of piperidine rings is 1. The molecule has 3 rings (SSSR count). The maximum Gasteiger partial charge on any atom is 0.223 e. The third-order valence-corrected chi connectivity index (χ3v) is 4.38. The minimum Gasteiger partial charge on any atom is -0.333 e. The van der Waals surface area contributed by atoms with Gasteiger partial charge in [-0.25, -0.2) is 4.39 Å². The van der Waals surface area contributed by atoms with E-state index in [4.69, 9.17) is 0 Å². The molecular weight excluding hydrogens is 243 g/mol. The molecule has 0 atom stereocenters. The van der Waals surface area contributed by atoms with Gasteiger partial charge in [0.1, 0.15) is 5.82 Å². The van der Waals surface area contributed by atoms with E-state index in [2.05, 4.69) is 5.32 Å². The Kier molecular flexibility index (Phi) is 3.27. The maximum absolute atomic E-state index is 13.6. The molecular formula is C15H19FN2O. The van der Waals surface area contributed by atoms with Gasteiger partial charge in [0.25, 0.3) is 0 Å². The van der Waals surface area contributed by atoms with Gasteiger partial charge in [-0.2, -0.15) is 0 Å². The molecule has 102 valence electrons. The molecule has 4 heteroatoms. The molecule has 2 aliphatic heterocycles. The summed E-state index contributed by atoms with van der Waals surface area (Å²) in [5.41, 5.74) is 0.644. The number of nitrogens with zero attached hydrogens (tertiary/aromatic N) is 1. The topological polar surface area (TPSA) is 32.3 Å². The molecule has 1 aromatic carbocycles. The second-order valence-electron chi connectivity index (χ2n) is 5.44. The number of nitrogens with one attached hydrogen (secondary N) is 1. The molecule has 0 spiro atoms. The highest BCUT2D eigenvalue weighted by Gasteiger charge is 2.43. The lowest BCUT2D eigenvalue weighted by molar-refractivity contribution is -0.134. The van der Waals surface area contributed by atoms with Crippen molar-refractivity contribution in [3.63, 3.8) is 0 Å². The molecule has 2 fully saturated rings. The van der Waals surface area contributed by atoms with Crippen LogP contribution in [0.25, 0.3) is 0 Å². The van der Waals surface area contributed by atoms with E-state index in [0.29, 0.717) is 6.42 Å². The van der Waals surface area contributed by atoms with Crippen LogP contribution in [0.2, 0.25) is 0 Å². The summed E-state index contributed by atoms with van der Waals surface area (Å²) in [6.45, 7) is 2.55. The van der Waals surface area contributed by atoms with Crippen LogP contribution < -0.4 is 5.32 Å². The number of carbonyl (C=O) groups is 1. The summed E-state index contributed by atoms with van der Waals surface area (Å²) in [5.74, 6) is -0.00628. The summed E-state index contributed by atoms with van der Waals surface area (Å²) in [6, 6.07) is 6.76. The smallest absolute Gasteiger partial charge is 0.223 e. The van der Waals surface area contributed by atoms with Gasteiger partial charge in [0.15, 0.2) is 0 Å². The Morgan fingerprint density at radius 3 is 2.68 bits per heavy atom. The quantitative estimate of drug-likeness (QED) is 0.884. The van der Waals surface area contributed by atoms with Gasteiger partial charge in [-0.1, -0.05) is 12.1 Å². The van der Waals surface area contributed by atoms with Gasteiger partial charge >= 0.3 is 0 Å². The summed E-state index contributed by atoms with van der Waals surface area (Å²) in [4.78, 5) is 14.1. The summed E-state index contributed by atoms with van der Waals surface area (Å²) in [5, 5.41) is 3.33. The third-order valence-electron chi connectivity index (χ3n) is 4.38. The Morgan fingerprint density at radius 1 is 1.26 bits per heavy atom. The van der Waals surface area contributed by atoms with Crippen molar-refractivity contribution < 1.29 is 9.18 Å². The number of hydrogen-bond acceptors (Lipinski definition) is 2. The first kappa shape index (κ1) is 12.6. The van der Waals surface area contributed by atoms with Gasteiger partial charge in [0.05, 0.1) is 5.54 Å². The minimum absolute atomic E-state index is 0.214. The Balaban J connectivity index is 2.03. The van der Waals surface area contributed by atoms with Gasteiger partial charge < -0.3 is 10.2 Å². The molecule has 1 N–H and O–H groups in total. The molecule has 2 aliphatic rings. The van der Waals surface area contributed by atoms with Gasteiger partial charge in [-0.05, 0) is 50.0 Å². The number of benzene rings is 1. The van der Waals surface area contributed by atoms with Gasteiger partial charge in [-0.3, -0.25) is 4.79 Å². The Morgan fingerprint density at radius 2 is 2.05 bits per heavy atom. The predicted molar refractivity (Wildman–Crippen MR) is 71.1 cm³/mol. The molecule has 0 radical (unpaired) electrons. The molecule has 1 amide bonds. The molecule has 0 aliphatic carbocycles. The highest BCUT2D eigenvalue weighted by atomic mass is 19.1. The fraction of sp³-hybridized carbons (Fsp3) is 0.533. The first-order chi connectivity index (χ1) is 9.22. The second kappa shape index (κ2) is 4.93. The van der Waals surface area contributed by atoms with Gasteiger partial charge in [0, 0.05) is 13.0 Å². The van der Waals surface area contributed by atoms with Crippen molar-refractivity contribution in [2.45, 2.75) is 31.2 Å². The molecule has 0 aromatic heterocycles. The van der Waals surface area contributed by atoms with Crippen LogP contribution >= 0.6 is 0 Å². The normalized spacial score (nSPS) is 22.8. The number of rotatable bonds is 2. The third kappa shape index (κ3) is 2.14. The van der Waals surface area contributed by atoms with Crippen LogP contribution in [-0.2, 0) is 10.3 Å². The maximum atomic E-state index is 13.6. The monoisotopic (exact) mass is 262 g/mol. The standard InChI is InChI=1S/C15H19FN2O/c16-13-4-1-3-12(11-13)15(6-8-17-9-7-15)18-10-2-5-14(18)19/h1,3-4,11,17H,2,5-10H2. The van der Waals surface area contributed by atoms with E-state index >= 15 is 0 Å². The van der Waals surface area contributed by atoms with Crippen LogP contribution in [0.1, 0.15) is 31.2 Å². The highest BCUT2D eigenvalue weighted by Crippen LogP contribution is 2.39. The van der Waals surface area contributed by atoms with E-state index in [0.717, 1.165) is 44.5 Å². The van der Waals surface area contributed by atoms with Gasteiger partial charge in [-0.15, -0.1) is 0 Å². The molecule has 0 unspecified atom stereocenters. The number of amides is 1. The lowest BCUT2D eigenvalue weighted by atomic mass is 9.80. The summed E-state index contributed by atoms with van der Waals surface area (Å²) >= 11 is 0. The summed E-state index contributed by atoms with van der Waals surface area (Å²) in [7, 11) is 0. The van der Waals surface area contributed by atoms with Crippen molar-refractivity contribution >= 4 is 5.91 Å². The summed E-state index contributed by atoms with van der Waals surface area (Å²) < 4.78 is 13.6. The SMILES string of the molecule is O=C1CCCN1C1(c2cccc(F)c2)CCNCC1. The summed E-state index contributed by atoms with van der Waals surface area (Å²) in [6.07, 6.45) is 3.28. The average molecular weight is 262 g/mol. The highest BCUT2D eigenvalue weighted by molar-refractivity contribution is 5.79. The lowest BCUT2D eigenvalue weighted by Gasteiger charge is -2.45. The molecule has 1 aromatic rings. The largest absolute Gasteiger partial charge is 0.333 e. The van der Waals surface area contributed by atoms with E-state index in [1.807, 2.05) is 11.0 Å². The average Bonchev–Trinajstić information content (AvgIpc) is 2.86. The fourth-order valence-electron chi connectivity index (χ4n) is 3.43. The zero-order valence-corrected chi connectivity index (χ0v) is 11.0. The van der Waals surface area contributed by atoms with Crippen LogP contribution in [0.5, 0.6) is 0 Å². The van der Waals surface area contributed by atoms with E-state index in [1.54, 1.807) is 12.1 Å². The van der Waals surface area contributed by atoms with Crippen LogP contribution in [0, 0.1) is 5.82 Å². The van der Waals surface area contributed by atoms with Crippen molar-refractivity contribution in [3.05, 3.63) is 35.6 Å². The Hall–Kier alpha value is -1.42. The Bertz CT molecular complexity index is 483. The molecule has 0 bridgehead atoms. The molecule has 3 nitrogen and oxygen atoms in total. The molecule has 2 heterocycles. The van der Waals surface area contributed by atoms with Crippen LogP contribution in [-0.4, -0.2) is 30.4 Å².